The first kappa shape index (κ1) is 14.7. The Morgan fingerprint density at radius 2 is 2.05 bits per heavy atom. The largest absolute Gasteiger partial charge is 0.338 e. The van der Waals surface area contributed by atoms with Crippen LogP contribution in [0, 0.1) is 18.6 Å². The fourth-order valence-corrected chi connectivity index (χ4v) is 2.26. The first-order valence-electron chi connectivity index (χ1n) is 6.68. The second-order valence-corrected chi connectivity index (χ2v) is 4.89. The smallest absolute Gasteiger partial charge is 0.130 e. The molecule has 0 saturated carbocycles. The fraction of sp³-hybridized carbons (Fsp3) is 0.400. The van der Waals surface area contributed by atoms with E-state index < -0.39 is 11.6 Å². The molecule has 0 aliphatic rings. The van der Waals surface area contributed by atoms with Crippen molar-refractivity contribution in [1.82, 2.24) is 14.9 Å². The van der Waals surface area contributed by atoms with Crippen LogP contribution in [0.2, 0.25) is 0 Å². The molecule has 2 aromatic rings. The average Bonchev–Trinajstić information content (AvgIpc) is 2.79. The highest BCUT2D eigenvalue weighted by atomic mass is 19.1. The van der Waals surface area contributed by atoms with Gasteiger partial charge in [0.25, 0.3) is 0 Å². The Labute approximate surface area is 117 Å². The Bertz CT molecular complexity index is 593. The second kappa shape index (κ2) is 6.13. The summed E-state index contributed by atoms with van der Waals surface area (Å²) < 4.78 is 29.3. The van der Waals surface area contributed by atoms with Crippen molar-refractivity contribution < 1.29 is 8.78 Å². The van der Waals surface area contributed by atoms with Gasteiger partial charge in [-0.2, -0.15) is 0 Å². The van der Waals surface area contributed by atoms with Crippen molar-refractivity contribution in [3.05, 3.63) is 53.1 Å². The van der Waals surface area contributed by atoms with Crippen molar-refractivity contribution in [1.29, 1.82) is 0 Å². The normalized spacial score (nSPS) is 12.7. The molecule has 0 fully saturated rings. The summed E-state index contributed by atoms with van der Waals surface area (Å²) in [7, 11) is 1.90. The van der Waals surface area contributed by atoms with E-state index in [4.69, 9.17) is 0 Å². The van der Waals surface area contributed by atoms with Crippen LogP contribution in [0.5, 0.6) is 0 Å². The molecule has 1 N–H and O–H groups in total. The zero-order valence-electron chi connectivity index (χ0n) is 12.0. The quantitative estimate of drug-likeness (QED) is 0.912. The summed E-state index contributed by atoms with van der Waals surface area (Å²) in [6.07, 6.45) is 4.12. The third-order valence-electron chi connectivity index (χ3n) is 3.41. The maximum Gasteiger partial charge on any atom is 0.130 e. The van der Waals surface area contributed by atoms with E-state index in [-0.39, 0.29) is 6.04 Å². The minimum absolute atomic E-state index is 0.222. The van der Waals surface area contributed by atoms with Crippen LogP contribution in [-0.4, -0.2) is 16.1 Å². The zero-order valence-corrected chi connectivity index (χ0v) is 12.0. The molecule has 5 heteroatoms. The Hall–Kier alpha value is -1.75. The molecular weight excluding hydrogens is 260 g/mol. The van der Waals surface area contributed by atoms with E-state index in [1.54, 1.807) is 19.2 Å². The zero-order chi connectivity index (χ0) is 14.7. The number of likely N-dealkylation sites (N-methyl/N-ethyl adjacent to an activating group) is 1. The lowest BCUT2D eigenvalue weighted by molar-refractivity contribution is 0.489. The molecule has 0 aliphatic heterocycles. The number of imidazole rings is 1. The van der Waals surface area contributed by atoms with Gasteiger partial charge in [0.2, 0.25) is 0 Å². The Morgan fingerprint density at radius 3 is 2.65 bits per heavy atom. The molecule has 0 aliphatic carbocycles. The molecule has 1 atom stereocenters. The van der Waals surface area contributed by atoms with Gasteiger partial charge in [-0.25, -0.2) is 13.8 Å². The second-order valence-electron chi connectivity index (χ2n) is 4.89. The number of nitrogens with one attached hydrogen (secondary N) is 1. The maximum absolute atomic E-state index is 14.0. The van der Waals surface area contributed by atoms with E-state index in [9.17, 15) is 8.78 Å². The molecule has 1 aromatic carbocycles. The van der Waals surface area contributed by atoms with Gasteiger partial charge in [0.05, 0.1) is 0 Å². The lowest BCUT2D eigenvalue weighted by Crippen LogP contribution is -2.25. The standard InChI is InChI=1S/C15H19F2N3/c1-4-18-14(9-15-19-5-6-20(15)3)11-7-10(2)12(16)8-13(11)17/h5-8,14,18H,4,9H2,1-3H3. The predicted octanol–water partition coefficient (Wildman–Crippen LogP) is 2.90. The number of nitrogens with zero attached hydrogens (tertiary/aromatic N) is 2. The van der Waals surface area contributed by atoms with Crippen molar-refractivity contribution in [2.24, 2.45) is 7.05 Å². The highest BCUT2D eigenvalue weighted by Gasteiger charge is 2.19. The lowest BCUT2D eigenvalue weighted by atomic mass is 10.00. The molecule has 0 radical (unpaired) electrons. The summed E-state index contributed by atoms with van der Waals surface area (Å²) in [5.41, 5.74) is 0.929. The van der Waals surface area contributed by atoms with Gasteiger partial charge < -0.3 is 9.88 Å². The summed E-state index contributed by atoms with van der Waals surface area (Å²) in [4.78, 5) is 4.26. The number of halogens is 2. The van der Waals surface area contributed by atoms with Crippen LogP contribution in [0.4, 0.5) is 8.78 Å². The summed E-state index contributed by atoms with van der Waals surface area (Å²) in [6.45, 7) is 4.30. The molecule has 0 bridgehead atoms. The highest BCUT2D eigenvalue weighted by molar-refractivity contribution is 5.29. The van der Waals surface area contributed by atoms with Gasteiger partial charge in [-0.05, 0) is 25.1 Å². The minimum Gasteiger partial charge on any atom is -0.338 e. The van der Waals surface area contributed by atoms with Crippen LogP contribution in [0.1, 0.15) is 29.9 Å². The van der Waals surface area contributed by atoms with Crippen LogP contribution in [0.3, 0.4) is 0 Å². The summed E-state index contributed by atoms with van der Waals surface area (Å²) in [5.74, 6) is -0.177. The molecule has 3 nitrogen and oxygen atoms in total. The van der Waals surface area contributed by atoms with E-state index in [0.29, 0.717) is 24.1 Å². The van der Waals surface area contributed by atoms with Gasteiger partial charge in [-0.3, -0.25) is 0 Å². The van der Waals surface area contributed by atoms with Crippen LogP contribution >= 0.6 is 0 Å². The van der Waals surface area contributed by atoms with Crippen molar-refractivity contribution in [2.75, 3.05) is 6.54 Å². The van der Waals surface area contributed by atoms with Crippen molar-refractivity contribution in [3.8, 4) is 0 Å². The van der Waals surface area contributed by atoms with E-state index in [0.717, 1.165) is 11.9 Å². The van der Waals surface area contributed by atoms with E-state index in [2.05, 4.69) is 10.3 Å². The molecule has 108 valence electrons. The monoisotopic (exact) mass is 279 g/mol. The number of aromatic nitrogens is 2. The Kier molecular flexibility index (Phi) is 4.49. The molecule has 2 rings (SSSR count). The SMILES string of the molecule is CCNC(Cc1nccn1C)c1cc(C)c(F)cc1F. The van der Waals surface area contributed by atoms with Gasteiger partial charge in [0.1, 0.15) is 17.5 Å². The molecular formula is C15H19F2N3. The van der Waals surface area contributed by atoms with Gasteiger partial charge in [0.15, 0.2) is 0 Å². The fourth-order valence-electron chi connectivity index (χ4n) is 2.26. The van der Waals surface area contributed by atoms with Crippen molar-refractivity contribution >= 4 is 0 Å². The van der Waals surface area contributed by atoms with Gasteiger partial charge in [-0.1, -0.05) is 6.92 Å². The minimum atomic E-state index is -0.520. The predicted molar refractivity (Wildman–Crippen MR) is 74.4 cm³/mol. The van der Waals surface area contributed by atoms with Crippen LogP contribution < -0.4 is 5.32 Å². The van der Waals surface area contributed by atoms with Crippen molar-refractivity contribution in [3.63, 3.8) is 0 Å². The molecule has 0 spiro atoms. The van der Waals surface area contributed by atoms with E-state index in [1.165, 1.54) is 0 Å². The number of aryl methyl sites for hydroxylation is 2. The van der Waals surface area contributed by atoms with Crippen LogP contribution in [0.25, 0.3) is 0 Å². The van der Waals surface area contributed by atoms with Crippen molar-refractivity contribution in [2.45, 2.75) is 26.3 Å². The van der Waals surface area contributed by atoms with Gasteiger partial charge in [-0.15, -0.1) is 0 Å². The molecule has 1 heterocycles. The van der Waals surface area contributed by atoms with Gasteiger partial charge >= 0.3 is 0 Å². The average molecular weight is 279 g/mol. The first-order valence-corrected chi connectivity index (χ1v) is 6.68. The summed E-state index contributed by atoms with van der Waals surface area (Å²) in [5, 5.41) is 3.24. The van der Waals surface area contributed by atoms with Crippen LogP contribution in [-0.2, 0) is 13.5 Å². The van der Waals surface area contributed by atoms with E-state index in [1.807, 2.05) is 24.7 Å². The Balaban J connectivity index is 2.33. The molecule has 20 heavy (non-hydrogen) atoms. The highest BCUT2D eigenvalue weighted by Crippen LogP contribution is 2.23. The first-order chi connectivity index (χ1) is 9.52. The molecule has 0 amide bonds. The number of hydrogen-bond donors (Lipinski definition) is 1. The Morgan fingerprint density at radius 1 is 1.30 bits per heavy atom. The topological polar surface area (TPSA) is 29.9 Å². The van der Waals surface area contributed by atoms with E-state index >= 15 is 0 Å². The number of rotatable bonds is 5. The number of hydrogen-bond acceptors (Lipinski definition) is 2. The third kappa shape index (κ3) is 3.04. The van der Waals surface area contributed by atoms with Gasteiger partial charge in [0, 0.05) is 43.5 Å². The summed E-state index contributed by atoms with van der Waals surface area (Å²) in [6, 6.07) is 2.30. The third-order valence-corrected chi connectivity index (χ3v) is 3.41. The van der Waals surface area contributed by atoms with Crippen LogP contribution in [0.15, 0.2) is 24.5 Å². The lowest BCUT2D eigenvalue weighted by Gasteiger charge is -2.19. The molecule has 1 aromatic heterocycles. The molecule has 1 unspecified atom stereocenters. The number of benzene rings is 1. The molecule has 0 saturated heterocycles. The maximum atomic E-state index is 14.0. The summed E-state index contributed by atoms with van der Waals surface area (Å²) >= 11 is 0.